The molecule has 106 valence electrons. The molecule has 0 saturated heterocycles. The van der Waals surface area contributed by atoms with E-state index in [0.717, 1.165) is 25.1 Å². The number of alkyl halides is 3. The van der Waals surface area contributed by atoms with Gasteiger partial charge in [0.15, 0.2) is 0 Å². The number of methoxy groups -OCH3 is 1. The predicted octanol–water partition coefficient (Wildman–Crippen LogP) is 2.03. The molecule has 4 nitrogen and oxygen atoms in total. The van der Waals surface area contributed by atoms with E-state index in [2.05, 4.69) is 10.4 Å². The molecule has 0 aliphatic heterocycles. The van der Waals surface area contributed by atoms with Gasteiger partial charge in [0.1, 0.15) is 0 Å². The maximum atomic E-state index is 13.0. The molecular weight excluding hydrogens is 259 g/mol. The number of hydrogen-bond acceptors (Lipinski definition) is 4. The lowest BCUT2D eigenvalue weighted by Crippen LogP contribution is -2.40. The largest absolute Gasteiger partial charge is 0.416 e. The van der Waals surface area contributed by atoms with Crippen LogP contribution in [0.25, 0.3) is 0 Å². The summed E-state index contributed by atoms with van der Waals surface area (Å²) in [5.74, 6) is 5.68. The molecule has 0 bridgehead atoms. The molecule has 2 rings (SSSR count). The number of nitrogens with two attached hydrogens (primary N) is 1. The number of hydrogen-bond donors (Lipinski definition) is 2. The fourth-order valence-corrected chi connectivity index (χ4v) is 2.30. The van der Waals surface area contributed by atoms with E-state index in [1.807, 2.05) is 0 Å². The number of halogens is 3. The summed E-state index contributed by atoms with van der Waals surface area (Å²) in [6, 6.07) is 0.238. The second-order valence-electron chi connectivity index (χ2n) is 4.64. The van der Waals surface area contributed by atoms with Crippen LogP contribution in [0.3, 0.4) is 0 Å². The molecule has 1 aliphatic carbocycles. The van der Waals surface area contributed by atoms with Crippen LogP contribution in [0.5, 0.6) is 0 Å². The molecule has 0 radical (unpaired) electrons. The van der Waals surface area contributed by atoms with Crippen LogP contribution in [-0.2, 0) is 10.9 Å². The zero-order valence-corrected chi connectivity index (χ0v) is 10.4. The molecular formula is C12H16F3N3O. The SMILES string of the molecule is COC(C1CC1)C(NN)c1cnccc1C(F)(F)F. The molecule has 19 heavy (non-hydrogen) atoms. The second-order valence-corrected chi connectivity index (χ2v) is 4.64. The summed E-state index contributed by atoms with van der Waals surface area (Å²) < 4.78 is 44.3. The average molecular weight is 275 g/mol. The molecule has 7 heteroatoms. The molecule has 0 aromatic carbocycles. The Balaban J connectivity index is 2.37. The van der Waals surface area contributed by atoms with E-state index in [9.17, 15) is 13.2 Å². The minimum Gasteiger partial charge on any atom is -0.379 e. The van der Waals surface area contributed by atoms with Crippen LogP contribution in [0.15, 0.2) is 18.5 Å². The molecule has 1 aromatic rings. The zero-order valence-electron chi connectivity index (χ0n) is 10.4. The normalized spacial score (nSPS) is 19.2. The summed E-state index contributed by atoms with van der Waals surface area (Å²) in [7, 11) is 1.48. The molecule has 2 atom stereocenters. The van der Waals surface area contributed by atoms with Gasteiger partial charge in [0.2, 0.25) is 0 Å². The first kappa shape index (κ1) is 14.2. The van der Waals surface area contributed by atoms with Crippen molar-refractivity contribution < 1.29 is 17.9 Å². The minimum atomic E-state index is -4.44. The van der Waals surface area contributed by atoms with Gasteiger partial charge in [-0.1, -0.05) is 0 Å². The Morgan fingerprint density at radius 1 is 1.47 bits per heavy atom. The van der Waals surface area contributed by atoms with Gasteiger partial charge >= 0.3 is 6.18 Å². The molecule has 0 spiro atoms. The van der Waals surface area contributed by atoms with E-state index in [0.29, 0.717) is 0 Å². The maximum absolute atomic E-state index is 13.0. The van der Waals surface area contributed by atoms with Gasteiger partial charge in [0.05, 0.1) is 17.7 Å². The summed E-state index contributed by atoms with van der Waals surface area (Å²) in [4.78, 5) is 3.77. The maximum Gasteiger partial charge on any atom is 0.416 e. The molecule has 3 N–H and O–H groups in total. The number of aromatic nitrogens is 1. The average Bonchev–Trinajstić information content (AvgIpc) is 3.19. The van der Waals surface area contributed by atoms with Crippen LogP contribution in [0.4, 0.5) is 13.2 Å². The van der Waals surface area contributed by atoms with Crippen molar-refractivity contribution in [2.24, 2.45) is 11.8 Å². The van der Waals surface area contributed by atoms with Crippen molar-refractivity contribution in [1.29, 1.82) is 0 Å². The Morgan fingerprint density at radius 2 is 2.16 bits per heavy atom. The van der Waals surface area contributed by atoms with Gasteiger partial charge in [-0.2, -0.15) is 13.2 Å². The summed E-state index contributed by atoms with van der Waals surface area (Å²) in [6.45, 7) is 0. The third-order valence-corrected chi connectivity index (χ3v) is 3.36. The molecule has 2 unspecified atom stereocenters. The van der Waals surface area contributed by atoms with Crippen molar-refractivity contribution in [3.8, 4) is 0 Å². The van der Waals surface area contributed by atoms with Gasteiger partial charge in [-0.05, 0) is 24.8 Å². The van der Waals surface area contributed by atoms with Crippen molar-refractivity contribution in [1.82, 2.24) is 10.4 Å². The number of nitrogens with zero attached hydrogens (tertiary/aromatic N) is 1. The highest BCUT2D eigenvalue weighted by molar-refractivity contribution is 5.30. The van der Waals surface area contributed by atoms with Crippen molar-refractivity contribution >= 4 is 0 Å². The highest BCUT2D eigenvalue weighted by Crippen LogP contribution is 2.42. The number of hydrazine groups is 1. The zero-order chi connectivity index (χ0) is 14.0. The summed E-state index contributed by atoms with van der Waals surface area (Å²) in [6.07, 6.45) is -0.609. The highest BCUT2D eigenvalue weighted by Gasteiger charge is 2.41. The second kappa shape index (κ2) is 5.44. The molecule has 1 saturated carbocycles. The molecule has 0 amide bonds. The van der Waals surface area contributed by atoms with Crippen LogP contribution < -0.4 is 11.3 Å². The lowest BCUT2D eigenvalue weighted by atomic mass is 9.95. The van der Waals surface area contributed by atoms with Crippen LogP contribution in [0, 0.1) is 5.92 Å². The standard InChI is InChI=1S/C12H16F3N3O/c1-19-11(7-2-3-7)10(18-16)8-6-17-5-4-9(8)12(13,14)15/h4-7,10-11,18H,2-3,16H2,1H3. The summed E-state index contributed by atoms with van der Waals surface area (Å²) in [5.41, 5.74) is 1.73. The fourth-order valence-electron chi connectivity index (χ4n) is 2.30. The Hall–Kier alpha value is -1.18. The summed E-state index contributed by atoms with van der Waals surface area (Å²) in [5, 5.41) is 0. The van der Waals surface area contributed by atoms with Crippen molar-refractivity contribution in [2.45, 2.75) is 31.2 Å². The van der Waals surface area contributed by atoms with Gasteiger partial charge in [-0.15, -0.1) is 0 Å². The van der Waals surface area contributed by atoms with Gasteiger partial charge in [-0.3, -0.25) is 16.3 Å². The van der Waals surface area contributed by atoms with Gasteiger partial charge in [0.25, 0.3) is 0 Å². The van der Waals surface area contributed by atoms with Crippen LogP contribution in [0.1, 0.15) is 30.0 Å². The number of pyridine rings is 1. The molecule has 1 aliphatic rings. The van der Waals surface area contributed by atoms with Crippen LogP contribution in [-0.4, -0.2) is 18.2 Å². The van der Waals surface area contributed by atoms with Crippen molar-refractivity contribution in [2.75, 3.05) is 7.11 Å². The van der Waals surface area contributed by atoms with Crippen LogP contribution >= 0.6 is 0 Å². The summed E-state index contributed by atoms with van der Waals surface area (Å²) >= 11 is 0. The van der Waals surface area contributed by atoms with E-state index in [1.165, 1.54) is 13.3 Å². The Labute approximate surface area is 109 Å². The van der Waals surface area contributed by atoms with E-state index >= 15 is 0 Å². The number of rotatable bonds is 5. The third kappa shape index (κ3) is 3.05. The first-order valence-corrected chi connectivity index (χ1v) is 5.99. The Bertz CT molecular complexity index is 434. The number of ether oxygens (including phenoxy) is 1. The smallest absolute Gasteiger partial charge is 0.379 e. The van der Waals surface area contributed by atoms with E-state index < -0.39 is 17.8 Å². The fraction of sp³-hybridized carbons (Fsp3) is 0.583. The van der Waals surface area contributed by atoms with Crippen molar-refractivity contribution in [3.05, 3.63) is 29.6 Å². The lowest BCUT2D eigenvalue weighted by molar-refractivity contribution is -0.138. The van der Waals surface area contributed by atoms with E-state index in [-0.39, 0.29) is 17.6 Å². The van der Waals surface area contributed by atoms with Crippen molar-refractivity contribution in [3.63, 3.8) is 0 Å². The first-order chi connectivity index (χ1) is 8.99. The quantitative estimate of drug-likeness (QED) is 0.637. The topological polar surface area (TPSA) is 60.2 Å². The van der Waals surface area contributed by atoms with Gasteiger partial charge < -0.3 is 4.74 Å². The monoisotopic (exact) mass is 275 g/mol. The molecule has 1 aromatic heterocycles. The Kier molecular flexibility index (Phi) is 4.07. The number of nitrogens with one attached hydrogen (secondary N) is 1. The van der Waals surface area contributed by atoms with Gasteiger partial charge in [0, 0.05) is 25.1 Å². The first-order valence-electron chi connectivity index (χ1n) is 5.99. The van der Waals surface area contributed by atoms with E-state index in [4.69, 9.17) is 10.6 Å². The predicted molar refractivity (Wildman–Crippen MR) is 62.8 cm³/mol. The molecule has 1 fully saturated rings. The minimum absolute atomic E-state index is 0.0243. The van der Waals surface area contributed by atoms with E-state index in [1.54, 1.807) is 0 Å². The lowest BCUT2D eigenvalue weighted by Gasteiger charge is -2.27. The Morgan fingerprint density at radius 3 is 2.63 bits per heavy atom. The highest BCUT2D eigenvalue weighted by atomic mass is 19.4. The third-order valence-electron chi connectivity index (χ3n) is 3.36. The van der Waals surface area contributed by atoms with Crippen LogP contribution in [0.2, 0.25) is 0 Å². The molecule has 1 heterocycles. The van der Waals surface area contributed by atoms with Gasteiger partial charge in [-0.25, -0.2) is 0 Å².